The van der Waals surface area contributed by atoms with Gasteiger partial charge in [0.1, 0.15) is 11.3 Å². The van der Waals surface area contributed by atoms with Gasteiger partial charge in [-0.2, -0.15) is 5.10 Å². The number of aromatic nitrogens is 5. The number of nitrogens with one attached hydrogen (secondary N) is 1. The van der Waals surface area contributed by atoms with Gasteiger partial charge in [0, 0.05) is 13.1 Å². The Morgan fingerprint density at radius 2 is 2.19 bits per heavy atom. The van der Waals surface area contributed by atoms with Crippen molar-refractivity contribution >= 4 is 17.3 Å². The summed E-state index contributed by atoms with van der Waals surface area (Å²) in [7, 11) is 0. The molecule has 0 amide bonds. The number of hydrogen-bond acceptors (Lipinski definition) is 5. The number of aryl methyl sites for hydroxylation is 1. The first-order chi connectivity index (χ1) is 10.0. The van der Waals surface area contributed by atoms with E-state index in [0.717, 1.165) is 12.4 Å². The fraction of sp³-hybridized carbons (Fsp3) is 0.538. The highest BCUT2D eigenvalue weighted by molar-refractivity contribution is 6.32. The molecule has 0 aliphatic carbocycles. The lowest BCUT2D eigenvalue weighted by atomic mass is 10.2. The molecule has 0 aliphatic rings. The van der Waals surface area contributed by atoms with Crippen LogP contribution in [0.25, 0.3) is 0 Å². The fourth-order valence-corrected chi connectivity index (χ4v) is 2.13. The summed E-state index contributed by atoms with van der Waals surface area (Å²) in [5, 5.41) is 15.2. The van der Waals surface area contributed by atoms with E-state index >= 15 is 0 Å². The molecule has 2 heterocycles. The smallest absolute Gasteiger partial charge is 0.287 e. The summed E-state index contributed by atoms with van der Waals surface area (Å²) in [5.74, 6) is 1.10. The van der Waals surface area contributed by atoms with Gasteiger partial charge in [0.15, 0.2) is 5.82 Å². The molecule has 0 aliphatic heterocycles. The molecule has 0 aromatic carbocycles. The van der Waals surface area contributed by atoms with Gasteiger partial charge >= 0.3 is 0 Å². The van der Waals surface area contributed by atoms with Crippen LogP contribution in [0, 0.1) is 5.92 Å². The molecule has 114 valence electrons. The third kappa shape index (κ3) is 3.60. The molecule has 2 rings (SSSR count). The number of nitrogens with zero attached hydrogens (tertiary/aromatic N) is 5. The van der Waals surface area contributed by atoms with Crippen molar-refractivity contribution in [3.63, 3.8) is 0 Å². The van der Waals surface area contributed by atoms with Crippen LogP contribution < -0.4 is 10.9 Å². The van der Waals surface area contributed by atoms with Crippen LogP contribution in [0.3, 0.4) is 0 Å². The van der Waals surface area contributed by atoms with E-state index in [-0.39, 0.29) is 10.6 Å². The van der Waals surface area contributed by atoms with Crippen molar-refractivity contribution in [2.45, 2.75) is 40.4 Å². The van der Waals surface area contributed by atoms with Crippen LogP contribution in [-0.2, 0) is 19.6 Å². The van der Waals surface area contributed by atoms with E-state index in [0.29, 0.717) is 24.7 Å². The van der Waals surface area contributed by atoms with Crippen molar-refractivity contribution in [3.05, 3.63) is 33.7 Å². The van der Waals surface area contributed by atoms with Gasteiger partial charge in [0.2, 0.25) is 0 Å². The zero-order valence-electron chi connectivity index (χ0n) is 12.4. The minimum absolute atomic E-state index is 0.146. The molecule has 0 fully saturated rings. The maximum atomic E-state index is 12.1. The van der Waals surface area contributed by atoms with E-state index < -0.39 is 0 Å². The van der Waals surface area contributed by atoms with Crippen LogP contribution in [0.15, 0.2) is 17.3 Å². The Balaban J connectivity index is 2.14. The van der Waals surface area contributed by atoms with Gasteiger partial charge in [-0.3, -0.25) is 4.79 Å². The van der Waals surface area contributed by atoms with Crippen molar-refractivity contribution in [2.24, 2.45) is 5.92 Å². The summed E-state index contributed by atoms with van der Waals surface area (Å²) < 4.78 is 3.29. The van der Waals surface area contributed by atoms with Crippen LogP contribution in [0.5, 0.6) is 0 Å². The number of rotatable bonds is 6. The van der Waals surface area contributed by atoms with Gasteiger partial charge in [-0.15, -0.1) is 10.2 Å². The van der Waals surface area contributed by atoms with E-state index in [1.807, 2.05) is 25.3 Å². The molecular weight excluding hydrogens is 292 g/mol. The molecule has 7 nitrogen and oxygen atoms in total. The molecule has 21 heavy (non-hydrogen) atoms. The monoisotopic (exact) mass is 310 g/mol. The van der Waals surface area contributed by atoms with Crippen molar-refractivity contribution in [2.75, 3.05) is 5.32 Å². The second kappa shape index (κ2) is 6.71. The van der Waals surface area contributed by atoms with Crippen molar-refractivity contribution in [1.29, 1.82) is 0 Å². The van der Waals surface area contributed by atoms with Gasteiger partial charge in [0.05, 0.1) is 18.4 Å². The van der Waals surface area contributed by atoms with Crippen molar-refractivity contribution < 1.29 is 0 Å². The average Bonchev–Trinajstić information content (AvgIpc) is 2.90. The second-order valence-electron chi connectivity index (χ2n) is 5.14. The van der Waals surface area contributed by atoms with Crippen LogP contribution in [0.1, 0.15) is 26.6 Å². The molecule has 0 saturated carbocycles. The maximum absolute atomic E-state index is 12.1. The molecule has 0 spiro atoms. The van der Waals surface area contributed by atoms with E-state index in [9.17, 15) is 4.79 Å². The molecule has 0 bridgehead atoms. The second-order valence-corrected chi connectivity index (χ2v) is 5.52. The lowest BCUT2D eigenvalue weighted by molar-refractivity contribution is 0.464. The summed E-state index contributed by atoms with van der Waals surface area (Å²) in [6, 6.07) is 0. The molecule has 2 aromatic heterocycles. The zero-order chi connectivity index (χ0) is 15.4. The summed E-state index contributed by atoms with van der Waals surface area (Å²) in [6.45, 7) is 7.81. The number of hydrogen-bond donors (Lipinski definition) is 1. The minimum Gasteiger partial charge on any atom is -0.375 e. The zero-order valence-corrected chi connectivity index (χ0v) is 13.1. The Morgan fingerprint density at radius 1 is 1.43 bits per heavy atom. The lowest BCUT2D eigenvalue weighted by Crippen LogP contribution is -2.26. The van der Waals surface area contributed by atoms with Crippen LogP contribution >= 0.6 is 11.6 Å². The first-order valence-corrected chi connectivity index (χ1v) is 7.26. The highest BCUT2D eigenvalue weighted by atomic mass is 35.5. The number of anilines is 1. The summed E-state index contributed by atoms with van der Waals surface area (Å²) in [6.07, 6.45) is 3.23. The molecule has 2 aromatic rings. The molecule has 0 radical (unpaired) electrons. The van der Waals surface area contributed by atoms with Crippen molar-refractivity contribution in [1.82, 2.24) is 24.5 Å². The summed E-state index contributed by atoms with van der Waals surface area (Å²) >= 11 is 6.12. The third-order valence-electron chi connectivity index (χ3n) is 3.00. The van der Waals surface area contributed by atoms with E-state index in [4.69, 9.17) is 11.6 Å². The van der Waals surface area contributed by atoms with Gasteiger partial charge in [-0.25, -0.2) is 4.68 Å². The Labute approximate surface area is 128 Å². The first-order valence-electron chi connectivity index (χ1n) is 6.89. The Hall–Kier alpha value is -1.89. The molecule has 0 atom stereocenters. The molecular formula is C13H19ClN6O. The number of halogens is 1. The largest absolute Gasteiger partial charge is 0.375 e. The van der Waals surface area contributed by atoms with Crippen LogP contribution in [0.4, 0.5) is 5.69 Å². The molecule has 0 unspecified atom stereocenters. The predicted molar refractivity (Wildman–Crippen MR) is 81.4 cm³/mol. The Kier molecular flexibility index (Phi) is 4.95. The van der Waals surface area contributed by atoms with Gasteiger partial charge < -0.3 is 9.88 Å². The lowest BCUT2D eigenvalue weighted by Gasteiger charge is -2.11. The molecule has 8 heteroatoms. The highest BCUT2D eigenvalue weighted by Gasteiger charge is 2.11. The fourth-order valence-electron chi connectivity index (χ4n) is 1.92. The average molecular weight is 311 g/mol. The molecule has 0 saturated heterocycles. The SMILES string of the molecule is CCn1cnnc1CNc1cnn(CC(C)C)c(=O)c1Cl. The van der Waals surface area contributed by atoms with E-state index in [2.05, 4.69) is 20.6 Å². The highest BCUT2D eigenvalue weighted by Crippen LogP contribution is 2.16. The van der Waals surface area contributed by atoms with Crippen molar-refractivity contribution in [3.8, 4) is 0 Å². The first kappa shape index (κ1) is 15.5. The normalized spacial score (nSPS) is 11.1. The Bertz CT molecular complexity index is 663. The summed E-state index contributed by atoms with van der Waals surface area (Å²) in [4.78, 5) is 12.1. The Morgan fingerprint density at radius 3 is 2.86 bits per heavy atom. The van der Waals surface area contributed by atoms with Crippen LogP contribution in [-0.4, -0.2) is 24.5 Å². The quantitative estimate of drug-likeness (QED) is 0.880. The predicted octanol–water partition coefficient (Wildman–Crippen LogP) is 1.78. The topological polar surface area (TPSA) is 77.6 Å². The van der Waals surface area contributed by atoms with Gasteiger partial charge in [-0.05, 0) is 12.8 Å². The minimum atomic E-state index is -0.285. The van der Waals surface area contributed by atoms with Gasteiger partial charge in [-0.1, -0.05) is 25.4 Å². The van der Waals surface area contributed by atoms with Crippen LogP contribution in [0.2, 0.25) is 5.02 Å². The molecule has 1 N–H and O–H groups in total. The third-order valence-corrected chi connectivity index (χ3v) is 3.36. The van der Waals surface area contributed by atoms with E-state index in [1.165, 1.54) is 4.68 Å². The standard InChI is InChI=1S/C13H19ClN6O/c1-4-19-8-16-18-11(19)6-15-10-5-17-20(7-9(2)3)13(21)12(10)14/h5,8-9,15H,4,6-7H2,1-3H3. The van der Waals surface area contributed by atoms with E-state index in [1.54, 1.807) is 12.5 Å². The summed E-state index contributed by atoms with van der Waals surface area (Å²) in [5.41, 5.74) is 0.222. The van der Waals surface area contributed by atoms with Gasteiger partial charge in [0.25, 0.3) is 5.56 Å². The maximum Gasteiger partial charge on any atom is 0.287 e.